The van der Waals surface area contributed by atoms with Gasteiger partial charge in [0.15, 0.2) is 0 Å². The van der Waals surface area contributed by atoms with E-state index in [9.17, 15) is 4.79 Å². The SMILES string of the molecule is COC(=O)c1coc(CNCC(C)(C)CN(C)C)c1. The number of carbonyl (C=O) groups is 1. The first-order chi connectivity index (χ1) is 8.84. The summed E-state index contributed by atoms with van der Waals surface area (Å²) >= 11 is 0. The van der Waals surface area contributed by atoms with Crippen LogP contribution in [0.4, 0.5) is 0 Å². The number of ether oxygens (including phenoxy) is 1. The Morgan fingerprint density at radius 1 is 1.47 bits per heavy atom. The van der Waals surface area contributed by atoms with Crippen LogP contribution in [0.1, 0.15) is 30.0 Å². The second-order valence-corrected chi connectivity index (χ2v) is 5.80. The van der Waals surface area contributed by atoms with Gasteiger partial charge in [0, 0.05) is 13.1 Å². The number of rotatable bonds is 7. The Morgan fingerprint density at radius 2 is 2.16 bits per heavy atom. The molecule has 0 aromatic carbocycles. The van der Waals surface area contributed by atoms with Gasteiger partial charge >= 0.3 is 5.97 Å². The van der Waals surface area contributed by atoms with Crippen molar-refractivity contribution in [1.82, 2.24) is 10.2 Å². The van der Waals surface area contributed by atoms with Crippen molar-refractivity contribution < 1.29 is 13.9 Å². The summed E-state index contributed by atoms with van der Waals surface area (Å²) < 4.78 is 9.94. The van der Waals surface area contributed by atoms with Crippen molar-refractivity contribution in [3.8, 4) is 0 Å². The molecular formula is C14H24N2O3. The fourth-order valence-corrected chi connectivity index (χ4v) is 2.13. The second-order valence-electron chi connectivity index (χ2n) is 5.80. The average molecular weight is 268 g/mol. The van der Waals surface area contributed by atoms with Gasteiger partial charge in [-0.2, -0.15) is 0 Å². The lowest BCUT2D eigenvalue weighted by atomic mass is 9.93. The summed E-state index contributed by atoms with van der Waals surface area (Å²) in [6.45, 7) is 6.91. The number of furan rings is 1. The molecule has 5 nitrogen and oxygen atoms in total. The fraction of sp³-hybridized carbons (Fsp3) is 0.643. The van der Waals surface area contributed by atoms with Crippen molar-refractivity contribution in [2.24, 2.45) is 5.41 Å². The van der Waals surface area contributed by atoms with Gasteiger partial charge in [-0.1, -0.05) is 13.8 Å². The number of hydrogen-bond donors (Lipinski definition) is 1. The minimum absolute atomic E-state index is 0.182. The van der Waals surface area contributed by atoms with E-state index >= 15 is 0 Å². The topological polar surface area (TPSA) is 54.7 Å². The van der Waals surface area contributed by atoms with Crippen LogP contribution in [0.2, 0.25) is 0 Å². The largest absolute Gasteiger partial charge is 0.467 e. The molecule has 0 aliphatic heterocycles. The lowest BCUT2D eigenvalue weighted by molar-refractivity contribution is 0.0600. The summed E-state index contributed by atoms with van der Waals surface area (Å²) in [5.41, 5.74) is 0.633. The molecule has 0 radical (unpaired) electrons. The predicted molar refractivity (Wildman–Crippen MR) is 74.1 cm³/mol. The molecule has 0 saturated carbocycles. The van der Waals surface area contributed by atoms with Crippen molar-refractivity contribution in [3.63, 3.8) is 0 Å². The molecule has 0 aliphatic rings. The third kappa shape index (κ3) is 5.44. The molecule has 5 heteroatoms. The quantitative estimate of drug-likeness (QED) is 0.763. The van der Waals surface area contributed by atoms with Crippen LogP contribution < -0.4 is 5.32 Å². The van der Waals surface area contributed by atoms with Crippen molar-refractivity contribution in [2.75, 3.05) is 34.3 Å². The molecule has 0 unspecified atom stereocenters. The van der Waals surface area contributed by atoms with E-state index in [0.29, 0.717) is 12.1 Å². The third-order valence-corrected chi connectivity index (χ3v) is 2.72. The molecule has 1 heterocycles. The van der Waals surface area contributed by atoms with Crippen LogP contribution in [-0.2, 0) is 11.3 Å². The molecule has 0 aliphatic carbocycles. The monoisotopic (exact) mass is 268 g/mol. The van der Waals surface area contributed by atoms with Crippen molar-refractivity contribution in [1.29, 1.82) is 0 Å². The number of methoxy groups -OCH3 is 1. The molecule has 1 N–H and O–H groups in total. The van der Waals surface area contributed by atoms with Gasteiger partial charge in [0.25, 0.3) is 0 Å². The molecule has 1 aromatic heterocycles. The first-order valence-corrected chi connectivity index (χ1v) is 6.35. The van der Waals surface area contributed by atoms with Gasteiger partial charge in [-0.25, -0.2) is 4.79 Å². The van der Waals surface area contributed by atoms with Gasteiger partial charge in [0.1, 0.15) is 12.0 Å². The summed E-state index contributed by atoms with van der Waals surface area (Å²) in [6.07, 6.45) is 1.42. The van der Waals surface area contributed by atoms with E-state index in [2.05, 4.69) is 42.9 Å². The summed E-state index contributed by atoms with van der Waals surface area (Å²) in [4.78, 5) is 13.4. The standard InChI is InChI=1S/C14H24N2O3/c1-14(2,10-16(3)4)9-15-7-12-6-11(8-19-12)13(17)18-5/h6,8,15H,7,9-10H2,1-5H3. The van der Waals surface area contributed by atoms with Crippen LogP contribution in [0.3, 0.4) is 0 Å². The van der Waals surface area contributed by atoms with Crippen LogP contribution in [0.5, 0.6) is 0 Å². The number of hydrogen-bond acceptors (Lipinski definition) is 5. The Hall–Kier alpha value is -1.33. The summed E-state index contributed by atoms with van der Waals surface area (Å²) in [7, 11) is 5.49. The smallest absolute Gasteiger partial charge is 0.341 e. The Morgan fingerprint density at radius 3 is 2.74 bits per heavy atom. The van der Waals surface area contributed by atoms with Crippen LogP contribution in [0, 0.1) is 5.41 Å². The van der Waals surface area contributed by atoms with E-state index in [0.717, 1.165) is 18.8 Å². The zero-order chi connectivity index (χ0) is 14.5. The maximum atomic E-state index is 11.3. The number of carbonyl (C=O) groups excluding carboxylic acids is 1. The number of esters is 1. The summed E-state index contributed by atoms with van der Waals surface area (Å²) in [6, 6.07) is 1.71. The Bertz CT molecular complexity index is 411. The molecule has 1 rings (SSSR count). The van der Waals surface area contributed by atoms with E-state index in [1.165, 1.54) is 13.4 Å². The summed E-state index contributed by atoms with van der Waals surface area (Å²) in [5, 5.41) is 3.35. The molecule has 1 aromatic rings. The van der Waals surface area contributed by atoms with Gasteiger partial charge in [0.2, 0.25) is 0 Å². The van der Waals surface area contributed by atoms with Gasteiger partial charge < -0.3 is 19.4 Å². The molecule has 0 saturated heterocycles. The van der Waals surface area contributed by atoms with E-state index in [1.807, 2.05) is 0 Å². The molecule has 0 spiro atoms. The molecule has 19 heavy (non-hydrogen) atoms. The van der Waals surface area contributed by atoms with Crippen molar-refractivity contribution >= 4 is 5.97 Å². The maximum absolute atomic E-state index is 11.3. The van der Waals surface area contributed by atoms with Crippen molar-refractivity contribution in [2.45, 2.75) is 20.4 Å². The molecule has 0 amide bonds. The highest BCUT2D eigenvalue weighted by Gasteiger charge is 2.18. The van der Waals surface area contributed by atoms with Crippen LogP contribution in [0.15, 0.2) is 16.7 Å². The molecule has 0 bridgehead atoms. The van der Waals surface area contributed by atoms with E-state index in [-0.39, 0.29) is 11.4 Å². The summed E-state index contributed by atoms with van der Waals surface area (Å²) in [5.74, 6) is 0.365. The third-order valence-electron chi connectivity index (χ3n) is 2.72. The Balaban J connectivity index is 2.41. The highest BCUT2D eigenvalue weighted by atomic mass is 16.5. The lowest BCUT2D eigenvalue weighted by Crippen LogP contribution is -2.37. The zero-order valence-corrected chi connectivity index (χ0v) is 12.4. The molecule has 0 atom stereocenters. The average Bonchev–Trinajstić information content (AvgIpc) is 2.74. The minimum atomic E-state index is -0.372. The highest BCUT2D eigenvalue weighted by molar-refractivity contribution is 5.88. The van der Waals surface area contributed by atoms with E-state index < -0.39 is 0 Å². The normalized spacial score (nSPS) is 11.9. The predicted octanol–water partition coefficient (Wildman–Crippen LogP) is 1.74. The van der Waals surface area contributed by atoms with Gasteiger partial charge in [-0.15, -0.1) is 0 Å². The van der Waals surface area contributed by atoms with Crippen LogP contribution in [-0.4, -0.2) is 45.2 Å². The van der Waals surface area contributed by atoms with Crippen molar-refractivity contribution in [3.05, 3.63) is 23.7 Å². The maximum Gasteiger partial charge on any atom is 0.341 e. The Kier molecular flexibility index (Phi) is 5.57. The number of nitrogens with one attached hydrogen (secondary N) is 1. The number of nitrogens with zero attached hydrogens (tertiary/aromatic N) is 1. The highest BCUT2D eigenvalue weighted by Crippen LogP contribution is 2.15. The first-order valence-electron chi connectivity index (χ1n) is 6.35. The van der Waals surface area contributed by atoms with Crippen LogP contribution >= 0.6 is 0 Å². The molecular weight excluding hydrogens is 244 g/mol. The second kappa shape index (κ2) is 6.73. The Labute approximate surface area is 114 Å². The van der Waals surface area contributed by atoms with E-state index in [4.69, 9.17) is 4.42 Å². The van der Waals surface area contributed by atoms with Crippen LogP contribution in [0.25, 0.3) is 0 Å². The van der Waals surface area contributed by atoms with E-state index in [1.54, 1.807) is 6.07 Å². The van der Waals surface area contributed by atoms with Gasteiger partial charge in [-0.3, -0.25) is 0 Å². The molecule has 108 valence electrons. The van der Waals surface area contributed by atoms with Gasteiger partial charge in [0.05, 0.1) is 19.2 Å². The fourth-order valence-electron chi connectivity index (χ4n) is 2.13. The molecule has 0 fully saturated rings. The zero-order valence-electron chi connectivity index (χ0n) is 12.4. The lowest BCUT2D eigenvalue weighted by Gasteiger charge is -2.28. The van der Waals surface area contributed by atoms with Gasteiger partial charge in [-0.05, 0) is 25.6 Å². The first kappa shape index (κ1) is 15.7. The minimum Gasteiger partial charge on any atom is -0.467 e.